The molecule has 2 heterocycles. The molecule has 15 heavy (non-hydrogen) atoms. The molecule has 82 valence electrons. The van der Waals surface area contributed by atoms with Crippen LogP contribution in [0.15, 0.2) is 18.5 Å². The molecular formula is C11H18N4. The third-order valence-corrected chi connectivity index (χ3v) is 2.57. The number of nitrogens with two attached hydrogens (primary N) is 1. The largest absolute Gasteiger partial charge is 0.323 e. The summed E-state index contributed by atoms with van der Waals surface area (Å²) >= 11 is 0. The van der Waals surface area contributed by atoms with Crippen LogP contribution in [0.4, 0.5) is 0 Å². The van der Waals surface area contributed by atoms with Crippen molar-refractivity contribution in [2.45, 2.75) is 25.9 Å². The van der Waals surface area contributed by atoms with E-state index in [1.54, 1.807) is 0 Å². The minimum absolute atomic E-state index is 0.128. The first kappa shape index (κ1) is 10.4. The van der Waals surface area contributed by atoms with E-state index >= 15 is 0 Å². The number of nitrogens with zero attached hydrogens (tertiary/aromatic N) is 2. The molecule has 2 rings (SSSR count). The summed E-state index contributed by atoms with van der Waals surface area (Å²) in [5, 5.41) is 7.61. The lowest BCUT2D eigenvalue weighted by Gasteiger charge is -2.18. The average Bonchev–Trinajstić information content (AvgIpc) is 2.67. The lowest BCUT2D eigenvalue weighted by atomic mass is 10.0. The maximum Gasteiger partial charge on any atom is 0.0565 e. The van der Waals surface area contributed by atoms with Gasteiger partial charge in [0.05, 0.1) is 6.20 Å². The molecule has 1 aromatic rings. The molecule has 0 radical (unpaired) electrons. The predicted octanol–water partition coefficient (Wildman–Crippen LogP) is 0.607. The van der Waals surface area contributed by atoms with Crippen molar-refractivity contribution in [2.75, 3.05) is 13.1 Å². The van der Waals surface area contributed by atoms with E-state index in [4.69, 9.17) is 5.73 Å². The van der Waals surface area contributed by atoms with Gasteiger partial charge in [0.25, 0.3) is 0 Å². The summed E-state index contributed by atoms with van der Waals surface area (Å²) in [6.45, 7) is 4.89. The first-order valence-electron chi connectivity index (χ1n) is 5.49. The van der Waals surface area contributed by atoms with Gasteiger partial charge >= 0.3 is 0 Å². The molecule has 4 nitrogen and oxygen atoms in total. The molecule has 0 aliphatic carbocycles. The number of hydrogen-bond donors (Lipinski definition) is 2. The first-order chi connectivity index (χ1) is 7.29. The van der Waals surface area contributed by atoms with E-state index in [9.17, 15) is 0 Å². The highest BCUT2D eigenvalue weighted by atomic mass is 15.3. The van der Waals surface area contributed by atoms with Crippen LogP contribution >= 0.6 is 0 Å². The van der Waals surface area contributed by atoms with E-state index < -0.39 is 0 Å². The van der Waals surface area contributed by atoms with E-state index in [1.807, 2.05) is 10.9 Å². The standard InChI is InChI=1S/C11H18N4/c1-2-3-15-8-10(6-14-15)9-4-11(12)7-13-5-9/h4,6,8,11,13H,2-3,5,7,12H2,1H3. The third-order valence-electron chi connectivity index (χ3n) is 2.57. The summed E-state index contributed by atoms with van der Waals surface area (Å²) in [5.41, 5.74) is 8.31. The van der Waals surface area contributed by atoms with Crippen LogP contribution < -0.4 is 11.1 Å². The first-order valence-corrected chi connectivity index (χ1v) is 5.49. The molecule has 0 amide bonds. The predicted molar refractivity (Wildman–Crippen MR) is 61.3 cm³/mol. The minimum Gasteiger partial charge on any atom is -0.323 e. The Morgan fingerprint density at radius 1 is 1.67 bits per heavy atom. The summed E-state index contributed by atoms with van der Waals surface area (Å²) in [6, 6.07) is 0.128. The monoisotopic (exact) mass is 206 g/mol. The van der Waals surface area contributed by atoms with Gasteiger partial charge in [-0.3, -0.25) is 4.68 Å². The molecule has 0 spiro atoms. The molecule has 1 aromatic heterocycles. The maximum atomic E-state index is 5.86. The van der Waals surface area contributed by atoms with Crippen LogP contribution in [0.1, 0.15) is 18.9 Å². The van der Waals surface area contributed by atoms with Gasteiger partial charge in [-0.15, -0.1) is 0 Å². The normalized spacial score (nSPS) is 21.5. The Morgan fingerprint density at radius 2 is 2.53 bits per heavy atom. The van der Waals surface area contributed by atoms with Crippen LogP contribution in [-0.2, 0) is 6.54 Å². The molecule has 3 N–H and O–H groups in total. The SMILES string of the molecule is CCCn1cc(C2=CC(N)CNC2)cn1. The molecule has 1 unspecified atom stereocenters. The molecule has 0 saturated heterocycles. The van der Waals surface area contributed by atoms with Crippen molar-refractivity contribution in [2.24, 2.45) is 5.73 Å². The van der Waals surface area contributed by atoms with Gasteiger partial charge in [0.1, 0.15) is 0 Å². The summed E-state index contributed by atoms with van der Waals surface area (Å²) in [5.74, 6) is 0. The van der Waals surface area contributed by atoms with Gasteiger partial charge in [0.2, 0.25) is 0 Å². The highest BCUT2D eigenvalue weighted by molar-refractivity contribution is 5.67. The third kappa shape index (κ3) is 2.46. The molecule has 0 bridgehead atoms. The second-order valence-corrected chi connectivity index (χ2v) is 3.98. The average molecular weight is 206 g/mol. The van der Waals surface area contributed by atoms with E-state index in [1.165, 1.54) is 11.1 Å². The molecule has 1 aliphatic heterocycles. The number of rotatable bonds is 3. The van der Waals surface area contributed by atoms with Gasteiger partial charge in [-0.25, -0.2) is 0 Å². The molecule has 0 saturated carbocycles. The molecular weight excluding hydrogens is 188 g/mol. The Morgan fingerprint density at radius 3 is 3.27 bits per heavy atom. The molecule has 0 fully saturated rings. The summed E-state index contributed by atoms with van der Waals surface area (Å²) in [4.78, 5) is 0. The van der Waals surface area contributed by atoms with Gasteiger partial charge in [-0.2, -0.15) is 5.10 Å². The molecule has 4 heteroatoms. The fraction of sp³-hybridized carbons (Fsp3) is 0.545. The van der Waals surface area contributed by atoms with Gasteiger partial charge in [0, 0.05) is 37.4 Å². The van der Waals surface area contributed by atoms with Crippen LogP contribution in [0.3, 0.4) is 0 Å². The van der Waals surface area contributed by atoms with Crippen molar-refractivity contribution >= 4 is 5.57 Å². The lowest BCUT2D eigenvalue weighted by molar-refractivity contribution is 0.602. The van der Waals surface area contributed by atoms with E-state index in [-0.39, 0.29) is 6.04 Å². The Kier molecular flexibility index (Phi) is 3.18. The van der Waals surface area contributed by atoms with Crippen molar-refractivity contribution in [3.05, 3.63) is 24.0 Å². The fourth-order valence-corrected chi connectivity index (χ4v) is 1.83. The van der Waals surface area contributed by atoms with Crippen molar-refractivity contribution in [1.29, 1.82) is 0 Å². The Balaban J connectivity index is 2.14. The summed E-state index contributed by atoms with van der Waals surface area (Å²) < 4.78 is 1.98. The number of hydrogen-bond acceptors (Lipinski definition) is 3. The fourth-order valence-electron chi connectivity index (χ4n) is 1.83. The highest BCUT2D eigenvalue weighted by Crippen LogP contribution is 2.15. The van der Waals surface area contributed by atoms with Crippen molar-refractivity contribution < 1.29 is 0 Å². The second-order valence-electron chi connectivity index (χ2n) is 3.98. The van der Waals surface area contributed by atoms with Gasteiger partial charge in [0.15, 0.2) is 0 Å². The second kappa shape index (κ2) is 4.59. The summed E-state index contributed by atoms with van der Waals surface area (Å²) in [6.07, 6.45) is 7.25. The number of nitrogens with one attached hydrogen (secondary N) is 1. The Bertz CT molecular complexity index is 353. The highest BCUT2D eigenvalue weighted by Gasteiger charge is 2.11. The molecule has 0 aromatic carbocycles. The van der Waals surface area contributed by atoms with E-state index in [0.29, 0.717) is 0 Å². The van der Waals surface area contributed by atoms with Crippen LogP contribution in [0.5, 0.6) is 0 Å². The van der Waals surface area contributed by atoms with Gasteiger partial charge < -0.3 is 11.1 Å². The Labute approximate surface area is 90.2 Å². The van der Waals surface area contributed by atoms with Crippen molar-refractivity contribution in [3.8, 4) is 0 Å². The minimum atomic E-state index is 0.128. The zero-order valence-corrected chi connectivity index (χ0v) is 9.11. The zero-order chi connectivity index (χ0) is 10.7. The number of aryl methyl sites for hydroxylation is 1. The zero-order valence-electron chi connectivity index (χ0n) is 9.11. The topological polar surface area (TPSA) is 55.9 Å². The van der Waals surface area contributed by atoms with E-state index in [2.05, 4.69) is 29.6 Å². The van der Waals surface area contributed by atoms with E-state index in [0.717, 1.165) is 26.1 Å². The molecule has 1 atom stereocenters. The van der Waals surface area contributed by atoms with Gasteiger partial charge in [-0.05, 0) is 12.0 Å². The summed E-state index contributed by atoms with van der Waals surface area (Å²) in [7, 11) is 0. The quantitative estimate of drug-likeness (QED) is 0.761. The smallest absolute Gasteiger partial charge is 0.0565 e. The maximum absolute atomic E-state index is 5.86. The van der Waals surface area contributed by atoms with Crippen LogP contribution in [-0.4, -0.2) is 28.9 Å². The molecule has 1 aliphatic rings. The van der Waals surface area contributed by atoms with Crippen LogP contribution in [0, 0.1) is 0 Å². The number of aromatic nitrogens is 2. The van der Waals surface area contributed by atoms with Crippen molar-refractivity contribution in [1.82, 2.24) is 15.1 Å². The van der Waals surface area contributed by atoms with Gasteiger partial charge in [-0.1, -0.05) is 13.0 Å². The lowest BCUT2D eigenvalue weighted by Crippen LogP contribution is -2.37. The van der Waals surface area contributed by atoms with Crippen LogP contribution in [0.2, 0.25) is 0 Å². The van der Waals surface area contributed by atoms with Crippen LogP contribution in [0.25, 0.3) is 5.57 Å². The van der Waals surface area contributed by atoms with Crippen molar-refractivity contribution in [3.63, 3.8) is 0 Å². The Hall–Kier alpha value is -1.13.